The van der Waals surface area contributed by atoms with Crippen LogP contribution >= 0.6 is 0 Å². The number of hydrogen-bond acceptors (Lipinski definition) is 4. The first-order chi connectivity index (χ1) is 28.3. The second kappa shape index (κ2) is 16.8. The molecule has 0 saturated carbocycles. The van der Waals surface area contributed by atoms with Crippen LogP contribution in [-0.4, -0.2) is 9.97 Å². The third-order valence-electron chi connectivity index (χ3n) is 7.45. The van der Waals surface area contributed by atoms with Gasteiger partial charge in [-0.25, -0.2) is 0 Å². The molecule has 4 nitrogen and oxygen atoms in total. The van der Waals surface area contributed by atoms with Gasteiger partial charge in [0, 0.05) is 63.7 Å². The Morgan fingerprint density at radius 1 is 0.731 bits per heavy atom. The topological polar surface area (TPSA) is 52.1 Å². The number of hydrogen-bond donors (Lipinski definition) is 0. The quantitative estimate of drug-likeness (QED) is 0.166. The average molecular weight is 878 g/mol. The molecule has 4 heterocycles. The molecule has 4 aromatic carbocycles. The zero-order valence-electron chi connectivity index (χ0n) is 40.4. The van der Waals surface area contributed by atoms with E-state index >= 15 is 0 Å². The van der Waals surface area contributed by atoms with Gasteiger partial charge in [0.1, 0.15) is 16.7 Å². The normalized spacial score (nSPS) is 15.2. The molecule has 0 unspecified atom stereocenters. The standard InChI is InChI=1S/C29H24NO2.C13H12N.C4H10.CH4.Ir/c1-17-16-30-24(12-18(17)15-29(2,3)4)21-10-7-9-20-23-14-26-22(13-27(23)32-28(20)21)19-8-5-6-11-25(19)31-26;1-10-3-6-12(7-4-10)13-8-5-11(2)9-14-13;1-4(2)3;;/h5-9,11-14,16H,15H2,1-4H3;3-6,8-9H,1-2H3;4H,1-3H3;1H4;/q2*-1;;;/i1D3,15D2;1D3,2D3;;;. The van der Waals surface area contributed by atoms with Gasteiger partial charge in [-0.15, -0.1) is 53.6 Å². The molecule has 0 bridgehead atoms. The third kappa shape index (κ3) is 9.26. The number of benzene rings is 4. The summed E-state index contributed by atoms with van der Waals surface area (Å²) < 4.78 is 97.6. The second-order valence-corrected chi connectivity index (χ2v) is 13.8. The predicted molar refractivity (Wildman–Crippen MR) is 216 cm³/mol. The van der Waals surface area contributed by atoms with Gasteiger partial charge in [-0.3, -0.25) is 0 Å². The van der Waals surface area contributed by atoms with Gasteiger partial charge in [-0.2, -0.15) is 0 Å². The van der Waals surface area contributed by atoms with Gasteiger partial charge in [0.25, 0.3) is 0 Å². The van der Waals surface area contributed by atoms with E-state index in [9.17, 15) is 0 Å². The first-order valence-electron chi connectivity index (χ1n) is 22.0. The summed E-state index contributed by atoms with van der Waals surface area (Å²) in [4.78, 5) is 8.52. The summed E-state index contributed by atoms with van der Waals surface area (Å²) in [6, 6.07) is 30.6. The summed E-state index contributed by atoms with van der Waals surface area (Å²) in [6.07, 6.45) is 0.630. The van der Waals surface area contributed by atoms with Crippen molar-refractivity contribution in [2.75, 3.05) is 0 Å². The summed E-state index contributed by atoms with van der Waals surface area (Å²) in [5.74, 6) is 0.833. The minimum absolute atomic E-state index is 0. The van der Waals surface area contributed by atoms with Crippen molar-refractivity contribution in [2.24, 2.45) is 11.3 Å². The van der Waals surface area contributed by atoms with E-state index in [0.717, 1.165) is 38.6 Å². The number of rotatable bonds is 3. The molecule has 0 aliphatic rings. The minimum Gasteiger partial charge on any atom is -0.501 e. The van der Waals surface area contributed by atoms with Crippen LogP contribution in [-0.2, 0) is 26.5 Å². The van der Waals surface area contributed by atoms with E-state index in [4.69, 9.17) is 23.9 Å². The average Bonchev–Trinajstić information content (AvgIpc) is 3.73. The number of fused-ring (bicyclic) bond motifs is 6. The van der Waals surface area contributed by atoms with Crippen LogP contribution in [0.1, 0.15) is 86.3 Å². The molecule has 0 saturated heterocycles. The van der Waals surface area contributed by atoms with E-state index in [2.05, 4.69) is 42.9 Å². The van der Waals surface area contributed by atoms with Crippen LogP contribution < -0.4 is 0 Å². The zero-order valence-corrected chi connectivity index (χ0v) is 31.8. The van der Waals surface area contributed by atoms with E-state index < -0.39 is 32.3 Å². The number of aryl methyl sites for hydroxylation is 3. The van der Waals surface area contributed by atoms with Crippen LogP contribution in [0.2, 0.25) is 0 Å². The van der Waals surface area contributed by atoms with Crippen LogP contribution in [0.3, 0.4) is 0 Å². The first kappa shape index (κ1) is 27.1. The molecule has 0 aliphatic carbocycles. The summed E-state index contributed by atoms with van der Waals surface area (Å²) in [6.45, 7) is 4.91. The summed E-state index contributed by atoms with van der Waals surface area (Å²) >= 11 is 0. The van der Waals surface area contributed by atoms with Gasteiger partial charge in [-0.05, 0) is 72.1 Å². The first-order valence-corrected chi connectivity index (χ1v) is 16.5. The molecule has 0 atom stereocenters. The van der Waals surface area contributed by atoms with Crippen molar-refractivity contribution in [3.8, 4) is 22.5 Å². The third-order valence-corrected chi connectivity index (χ3v) is 7.45. The van der Waals surface area contributed by atoms with Crippen molar-refractivity contribution in [2.45, 2.75) is 75.9 Å². The molecule has 0 aliphatic heterocycles. The van der Waals surface area contributed by atoms with Crippen molar-refractivity contribution in [1.29, 1.82) is 0 Å². The van der Waals surface area contributed by atoms with Gasteiger partial charge >= 0.3 is 0 Å². The Morgan fingerprint density at radius 3 is 2.08 bits per heavy atom. The Morgan fingerprint density at radius 2 is 1.42 bits per heavy atom. The fourth-order valence-corrected chi connectivity index (χ4v) is 5.39. The van der Waals surface area contributed by atoms with Crippen LogP contribution in [0, 0.1) is 44.0 Å². The molecule has 271 valence electrons. The molecule has 5 heteroatoms. The number of nitrogens with zero attached hydrogens (tertiary/aromatic N) is 2. The van der Waals surface area contributed by atoms with Crippen molar-refractivity contribution in [1.82, 2.24) is 9.97 Å². The minimum atomic E-state index is -2.51. The van der Waals surface area contributed by atoms with E-state index in [-0.39, 0.29) is 49.8 Å². The van der Waals surface area contributed by atoms with Crippen LogP contribution in [0.25, 0.3) is 66.4 Å². The van der Waals surface area contributed by atoms with Gasteiger partial charge < -0.3 is 18.8 Å². The second-order valence-electron chi connectivity index (χ2n) is 13.8. The molecule has 8 rings (SSSR count). The Labute approximate surface area is 338 Å². The molecule has 0 amide bonds. The van der Waals surface area contributed by atoms with E-state index in [1.54, 1.807) is 39.0 Å². The Kier molecular flexibility index (Phi) is 8.78. The summed E-state index contributed by atoms with van der Waals surface area (Å²) in [7, 11) is 0. The Bertz CT molecular complexity index is 2760. The van der Waals surface area contributed by atoms with Crippen molar-refractivity contribution < 1.29 is 44.0 Å². The maximum absolute atomic E-state index is 8.83. The molecular weight excluding hydrogens is 817 g/mol. The molecule has 8 aromatic rings. The zero-order chi connectivity index (χ0) is 44.9. The van der Waals surface area contributed by atoms with Crippen LogP contribution in [0.4, 0.5) is 0 Å². The molecular formula is C47H50IrN2O2-2. The molecule has 0 N–H and O–H groups in total. The molecule has 4 aromatic heterocycles. The number of para-hydroxylation sites is 1. The van der Waals surface area contributed by atoms with Gasteiger partial charge in [0.15, 0.2) is 0 Å². The smallest absolute Gasteiger partial charge is 0.136 e. The van der Waals surface area contributed by atoms with Crippen LogP contribution in [0.15, 0.2) is 106 Å². The predicted octanol–water partition coefficient (Wildman–Crippen LogP) is 13.7. The fraction of sp³-hybridized carbons (Fsp3) is 0.277. The van der Waals surface area contributed by atoms with E-state index in [1.807, 2.05) is 42.5 Å². The van der Waals surface area contributed by atoms with E-state index in [1.165, 1.54) is 36.7 Å². The Hall–Kier alpha value is -4.57. The van der Waals surface area contributed by atoms with E-state index in [0.29, 0.717) is 33.7 Å². The fourth-order valence-electron chi connectivity index (χ4n) is 5.39. The van der Waals surface area contributed by atoms with Crippen LogP contribution in [0.5, 0.6) is 0 Å². The van der Waals surface area contributed by atoms with Crippen molar-refractivity contribution in [3.05, 3.63) is 132 Å². The maximum atomic E-state index is 8.83. The summed E-state index contributed by atoms with van der Waals surface area (Å²) in [5, 5.41) is 3.67. The van der Waals surface area contributed by atoms with Gasteiger partial charge in [0.05, 0.1) is 5.58 Å². The SMILES string of the molecule is C.CC(C)C.[2H]C([2H])([2H])c1c[c-]c(-c2ccc(C([2H])([2H])[2H])cn2)cc1.[2H]C([2H])([2H])c1cnc(-c2[c-]ccc3c2oc2cc4c(cc23)oc2ccccc24)cc1C([2H])([2H])C(C)(C)C.[Ir]. The molecule has 0 spiro atoms. The number of pyridine rings is 2. The summed E-state index contributed by atoms with van der Waals surface area (Å²) in [5.41, 5.74) is 4.42. The maximum Gasteiger partial charge on any atom is 0.136 e. The van der Waals surface area contributed by atoms with Gasteiger partial charge in [0.2, 0.25) is 0 Å². The number of furan rings is 2. The number of aromatic nitrogens is 2. The van der Waals surface area contributed by atoms with Crippen molar-refractivity contribution >= 4 is 43.9 Å². The van der Waals surface area contributed by atoms with Crippen molar-refractivity contribution in [3.63, 3.8) is 0 Å². The largest absolute Gasteiger partial charge is 0.501 e. The molecule has 52 heavy (non-hydrogen) atoms. The Balaban J connectivity index is 0.000000284. The monoisotopic (exact) mass is 878 g/mol. The van der Waals surface area contributed by atoms with Gasteiger partial charge in [-0.1, -0.05) is 109 Å². The molecule has 1 radical (unpaired) electrons. The molecule has 0 fully saturated rings.